The van der Waals surface area contributed by atoms with Gasteiger partial charge in [0.05, 0.1) is 11.3 Å². The molecule has 4 heteroatoms. The number of pyridine rings is 1. The van der Waals surface area contributed by atoms with Gasteiger partial charge >= 0.3 is 0 Å². The van der Waals surface area contributed by atoms with Crippen LogP contribution in [0.25, 0.3) is 0 Å². The summed E-state index contributed by atoms with van der Waals surface area (Å²) in [5, 5.41) is 6.09. The van der Waals surface area contributed by atoms with Gasteiger partial charge in [-0.3, -0.25) is 9.78 Å². The molecule has 17 heavy (non-hydrogen) atoms. The molecule has 0 saturated heterocycles. The van der Waals surface area contributed by atoms with E-state index in [1.807, 2.05) is 13.0 Å². The van der Waals surface area contributed by atoms with Crippen molar-refractivity contribution in [2.75, 3.05) is 18.4 Å². The van der Waals surface area contributed by atoms with Gasteiger partial charge in [-0.1, -0.05) is 20.8 Å². The van der Waals surface area contributed by atoms with Gasteiger partial charge in [-0.15, -0.1) is 0 Å². The molecule has 0 fully saturated rings. The van der Waals surface area contributed by atoms with E-state index in [9.17, 15) is 4.79 Å². The summed E-state index contributed by atoms with van der Waals surface area (Å²) < 4.78 is 0. The molecule has 94 valence electrons. The Labute approximate surface area is 103 Å². The van der Waals surface area contributed by atoms with Crippen LogP contribution in [0.2, 0.25) is 0 Å². The van der Waals surface area contributed by atoms with Crippen LogP contribution in [0.1, 0.15) is 37.6 Å². The second kappa shape index (κ2) is 6.89. The Balaban J connectivity index is 2.61. The highest BCUT2D eigenvalue weighted by molar-refractivity contribution is 5.94. The topological polar surface area (TPSA) is 54.0 Å². The Morgan fingerprint density at radius 2 is 2.18 bits per heavy atom. The first-order chi connectivity index (χ1) is 8.13. The van der Waals surface area contributed by atoms with Crippen LogP contribution in [0.15, 0.2) is 18.5 Å². The molecule has 2 N–H and O–H groups in total. The molecule has 0 saturated carbocycles. The lowest BCUT2D eigenvalue weighted by Crippen LogP contribution is -2.24. The van der Waals surface area contributed by atoms with E-state index in [1.54, 1.807) is 12.4 Å². The molecular weight excluding hydrogens is 214 g/mol. The number of amides is 1. The van der Waals surface area contributed by atoms with Crippen molar-refractivity contribution in [3.05, 3.63) is 24.0 Å². The predicted molar refractivity (Wildman–Crippen MR) is 70.2 cm³/mol. The van der Waals surface area contributed by atoms with Crippen molar-refractivity contribution in [2.24, 2.45) is 5.92 Å². The van der Waals surface area contributed by atoms with Gasteiger partial charge in [0.1, 0.15) is 0 Å². The summed E-state index contributed by atoms with van der Waals surface area (Å²) >= 11 is 0. The standard InChI is InChI=1S/C13H21N3O/c1-4-5-15-13(17)11-6-12(9-14-8-11)16-7-10(2)3/h6,8-10,16H,4-5,7H2,1-3H3,(H,15,17). The minimum atomic E-state index is -0.0625. The molecule has 0 aromatic carbocycles. The molecule has 0 atom stereocenters. The smallest absolute Gasteiger partial charge is 0.252 e. The summed E-state index contributed by atoms with van der Waals surface area (Å²) in [6, 6.07) is 1.83. The second-order valence-electron chi connectivity index (χ2n) is 4.49. The molecule has 1 aromatic rings. The maximum atomic E-state index is 11.7. The molecule has 1 aromatic heterocycles. The molecule has 0 unspecified atom stereocenters. The average molecular weight is 235 g/mol. The second-order valence-corrected chi connectivity index (χ2v) is 4.49. The highest BCUT2D eigenvalue weighted by atomic mass is 16.1. The number of carbonyl (C=O) groups excluding carboxylic acids is 1. The molecule has 0 spiro atoms. The van der Waals surface area contributed by atoms with Crippen molar-refractivity contribution >= 4 is 11.6 Å². The third kappa shape index (κ3) is 4.85. The molecule has 0 radical (unpaired) electrons. The monoisotopic (exact) mass is 235 g/mol. The molecule has 0 aliphatic carbocycles. The van der Waals surface area contributed by atoms with Crippen LogP contribution in [0.4, 0.5) is 5.69 Å². The summed E-state index contributed by atoms with van der Waals surface area (Å²) in [5.41, 5.74) is 1.50. The SMILES string of the molecule is CCCNC(=O)c1cncc(NCC(C)C)c1. The summed E-state index contributed by atoms with van der Waals surface area (Å²) in [7, 11) is 0. The first-order valence-electron chi connectivity index (χ1n) is 6.10. The van der Waals surface area contributed by atoms with Crippen molar-refractivity contribution in [2.45, 2.75) is 27.2 Å². The van der Waals surface area contributed by atoms with Gasteiger partial charge in [-0.05, 0) is 18.4 Å². The highest BCUT2D eigenvalue weighted by Crippen LogP contribution is 2.09. The minimum Gasteiger partial charge on any atom is -0.384 e. The summed E-state index contributed by atoms with van der Waals surface area (Å²) in [6.45, 7) is 7.87. The van der Waals surface area contributed by atoms with E-state index in [0.29, 0.717) is 18.0 Å². The zero-order valence-corrected chi connectivity index (χ0v) is 10.8. The first kappa shape index (κ1) is 13.5. The van der Waals surface area contributed by atoms with E-state index >= 15 is 0 Å². The number of hydrogen-bond acceptors (Lipinski definition) is 3. The normalized spacial score (nSPS) is 10.4. The van der Waals surface area contributed by atoms with Gasteiger partial charge in [-0.2, -0.15) is 0 Å². The van der Waals surface area contributed by atoms with Crippen molar-refractivity contribution in [3.63, 3.8) is 0 Å². The van der Waals surface area contributed by atoms with Crippen LogP contribution in [-0.4, -0.2) is 24.0 Å². The van der Waals surface area contributed by atoms with Crippen molar-refractivity contribution < 1.29 is 4.79 Å². The van der Waals surface area contributed by atoms with Crippen LogP contribution in [0.5, 0.6) is 0 Å². The van der Waals surface area contributed by atoms with E-state index < -0.39 is 0 Å². The molecule has 1 rings (SSSR count). The number of rotatable bonds is 6. The van der Waals surface area contributed by atoms with Gasteiger partial charge in [0.2, 0.25) is 0 Å². The van der Waals surface area contributed by atoms with Crippen molar-refractivity contribution in [1.29, 1.82) is 0 Å². The molecule has 0 aliphatic heterocycles. The molecule has 0 aliphatic rings. The fraction of sp³-hybridized carbons (Fsp3) is 0.538. The Hall–Kier alpha value is -1.58. The third-order valence-corrected chi connectivity index (χ3v) is 2.25. The van der Waals surface area contributed by atoms with Gasteiger partial charge in [0.25, 0.3) is 5.91 Å². The Kier molecular flexibility index (Phi) is 5.46. The highest BCUT2D eigenvalue weighted by Gasteiger charge is 2.05. The summed E-state index contributed by atoms with van der Waals surface area (Å²) in [5.74, 6) is 0.500. The molecule has 1 heterocycles. The van der Waals surface area contributed by atoms with Gasteiger partial charge in [0.15, 0.2) is 0 Å². The average Bonchev–Trinajstić information content (AvgIpc) is 2.33. The van der Waals surface area contributed by atoms with Crippen molar-refractivity contribution in [1.82, 2.24) is 10.3 Å². The number of nitrogens with zero attached hydrogens (tertiary/aromatic N) is 1. The zero-order valence-electron chi connectivity index (χ0n) is 10.8. The van der Waals surface area contributed by atoms with Crippen LogP contribution in [0, 0.1) is 5.92 Å². The quantitative estimate of drug-likeness (QED) is 0.795. The lowest BCUT2D eigenvalue weighted by Gasteiger charge is -2.09. The van der Waals surface area contributed by atoms with Gasteiger partial charge in [0, 0.05) is 25.5 Å². The van der Waals surface area contributed by atoms with E-state index in [2.05, 4.69) is 29.5 Å². The fourth-order valence-corrected chi connectivity index (χ4v) is 1.32. The molecule has 0 bridgehead atoms. The number of aromatic nitrogens is 1. The van der Waals surface area contributed by atoms with Crippen LogP contribution < -0.4 is 10.6 Å². The van der Waals surface area contributed by atoms with E-state index in [1.165, 1.54) is 0 Å². The number of hydrogen-bond donors (Lipinski definition) is 2. The molecular formula is C13H21N3O. The summed E-state index contributed by atoms with van der Waals surface area (Å²) in [4.78, 5) is 15.8. The molecule has 4 nitrogen and oxygen atoms in total. The van der Waals surface area contributed by atoms with E-state index in [0.717, 1.165) is 18.7 Å². The molecule has 1 amide bonds. The van der Waals surface area contributed by atoms with Crippen molar-refractivity contribution in [3.8, 4) is 0 Å². The van der Waals surface area contributed by atoms with Crippen LogP contribution >= 0.6 is 0 Å². The van der Waals surface area contributed by atoms with E-state index in [-0.39, 0.29) is 5.91 Å². The Bertz CT molecular complexity index is 363. The summed E-state index contributed by atoms with van der Waals surface area (Å²) in [6.07, 6.45) is 4.26. The predicted octanol–water partition coefficient (Wildman–Crippen LogP) is 2.29. The zero-order chi connectivity index (χ0) is 12.7. The van der Waals surface area contributed by atoms with Gasteiger partial charge < -0.3 is 10.6 Å². The third-order valence-electron chi connectivity index (χ3n) is 2.25. The maximum absolute atomic E-state index is 11.7. The number of anilines is 1. The van der Waals surface area contributed by atoms with Crippen LogP contribution in [-0.2, 0) is 0 Å². The first-order valence-corrected chi connectivity index (χ1v) is 6.10. The Morgan fingerprint density at radius 3 is 2.82 bits per heavy atom. The fourth-order valence-electron chi connectivity index (χ4n) is 1.32. The minimum absolute atomic E-state index is 0.0625. The van der Waals surface area contributed by atoms with E-state index in [4.69, 9.17) is 0 Å². The van der Waals surface area contributed by atoms with Gasteiger partial charge in [-0.25, -0.2) is 0 Å². The Morgan fingerprint density at radius 1 is 1.41 bits per heavy atom. The largest absolute Gasteiger partial charge is 0.384 e. The van der Waals surface area contributed by atoms with Crippen LogP contribution in [0.3, 0.4) is 0 Å². The number of carbonyl (C=O) groups is 1. The lowest BCUT2D eigenvalue weighted by molar-refractivity contribution is 0.0953. The number of nitrogens with one attached hydrogen (secondary N) is 2. The lowest BCUT2D eigenvalue weighted by atomic mass is 10.2. The maximum Gasteiger partial charge on any atom is 0.252 e.